The van der Waals surface area contributed by atoms with Crippen LogP contribution >= 0.6 is 15.9 Å². The number of nitrogens with zero attached hydrogens (tertiary/aromatic N) is 1. The SMILES string of the molecule is O=C(CNC(=O)c1cc(-c2ccc(Br)cc2)n[nH]1)OCc1ccccc1. The quantitative estimate of drug-likeness (QED) is 0.607. The lowest BCUT2D eigenvalue weighted by molar-refractivity contribution is -0.143. The molecule has 26 heavy (non-hydrogen) atoms. The molecule has 0 aliphatic heterocycles. The highest BCUT2D eigenvalue weighted by atomic mass is 79.9. The number of aromatic nitrogens is 2. The summed E-state index contributed by atoms with van der Waals surface area (Å²) in [5, 5.41) is 9.31. The van der Waals surface area contributed by atoms with Crippen LogP contribution < -0.4 is 5.32 Å². The van der Waals surface area contributed by atoms with Gasteiger partial charge in [0.1, 0.15) is 18.8 Å². The molecule has 1 aromatic heterocycles. The first-order valence-corrected chi connectivity index (χ1v) is 8.70. The Hall–Kier alpha value is -2.93. The molecule has 0 fully saturated rings. The topological polar surface area (TPSA) is 84.1 Å². The molecule has 0 unspecified atom stereocenters. The highest BCUT2D eigenvalue weighted by Gasteiger charge is 2.13. The Morgan fingerprint density at radius 2 is 1.81 bits per heavy atom. The van der Waals surface area contributed by atoms with E-state index in [1.165, 1.54) is 0 Å². The predicted octanol–water partition coefficient (Wildman–Crippen LogP) is 3.31. The van der Waals surface area contributed by atoms with Gasteiger partial charge < -0.3 is 10.1 Å². The van der Waals surface area contributed by atoms with Gasteiger partial charge in [0.05, 0.1) is 5.69 Å². The van der Waals surface area contributed by atoms with E-state index in [9.17, 15) is 9.59 Å². The van der Waals surface area contributed by atoms with Gasteiger partial charge in [0.25, 0.3) is 5.91 Å². The lowest BCUT2D eigenvalue weighted by Gasteiger charge is -2.05. The first-order valence-electron chi connectivity index (χ1n) is 7.91. The third-order valence-corrected chi connectivity index (χ3v) is 4.13. The number of benzene rings is 2. The van der Waals surface area contributed by atoms with Crippen molar-refractivity contribution >= 4 is 27.8 Å². The zero-order valence-corrected chi connectivity index (χ0v) is 15.3. The van der Waals surface area contributed by atoms with Crippen molar-refractivity contribution in [3.05, 3.63) is 76.4 Å². The first-order chi connectivity index (χ1) is 12.6. The minimum atomic E-state index is -0.505. The Labute approximate surface area is 158 Å². The van der Waals surface area contributed by atoms with E-state index in [1.807, 2.05) is 54.6 Å². The van der Waals surface area contributed by atoms with Crippen LogP contribution in [-0.4, -0.2) is 28.6 Å². The lowest BCUT2D eigenvalue weighted by atomic mass is 10.1. The fraction of sp³-hybridized carbons (Fsp3) is 0.105. The molecule has 132 valence electrons. The van der Waals surface area contributed by atoms with E-state index in [1.54, 1.807) is 6.07 Å². The molecule has 1 heterocycles. The minimum Gasteiger partial charge on any atom is -0.460 e. The van der Waals surface area contributed by atoms with Crippen molar-refractivity contribution < 1.29 is 14.3 Å². The molecule has 0 radical (unpaired) electrons. The number of H-pyrrole nitrogens is 1. The van der Waals surface area contributed by atoms with Crippen molar-refractivity contribution in [3.8, 4) is 11.3 Å². The Morgan fingerprint density at radius 3 is 2.54 bits per heavy atom. The number of hydrogen-bond acceptors (Lipinski definition) is 4. The average Bonchev–Trinajstić information content (AvgIpc) is 3.16. The van der Waals surface area contributed by atoms with E-state index in [0.29, 0.717) is 5.69 Å². The number of ether oxygens (including phenoxy) is 1. The van der Waals surface area contributed by atoms with Gasteiger partial charge in [0, 0.05) is 10.0 Å². The standard InChI is InChI=1S/C19H16BrN3O3/c20-15-8-6-14(7-9-15)16-10-17(23-22-16)19(25)21-11-18(24)26-12-13-4-2-1-3-5-13/h1-10H,11-12H2,(H,21,25)(H,22,23). The second-order valence-corrected chi connectivity index (χ2v) is 6.42. The summed E-state index contributed by atoms with van der Waals surface area (Å²) >= 11 is 3.37. The first kappa shape index (κ1) is 17.9. The van der Waals surface area contributed by atoms with Crippen molar-refractivity contribution in [1.29, 1.82) is 0 Å². The summed E-state index contributed by atoms with van der Waals surface area (Å²) in [5.74, 6) is -0.924. The van der Waals surface area contributed by atoms with E-state index < -0.39 is 11.9 Å². The van der Waals surface area contributed by atoms with Crippen molar-refractivity contribution in [3.63, 3.8) is 0 Å². The molecule has 2 N–H and O–H groups in total. The van der Waals surface area contributed by atoms with Gasteiger partial charge in [0.15, 0.2) is 0 Å². The number of aromatic amines is 1. The Bertz CT molecular complexity index is 892. The molecule has 3 aromatic rings. The van der Waals surface area contributed by atoms with Gasteiger partial charge in [-0.3, -0.25) is 14.7 Å². The van der Waals surface area contributed by atoms with Crippen LogP contribution in [0.5, 0.6) is 0 Å². The van der Waals surface area contributed by atoms with Crippen LogP contribution in [0.2, 0.25) is 0 Å². The predicted molar refractivity (Wildman–Crippen MR) is 100 cm³/mol. The number of hydrogen-bond donors (Lipinski definition) is 2. The summed E-state index contributed by atoms with van der Waals surface area (Å²) in [5.41, 5.74) is 2.69. The molecule has 1 amide bonds. The molecule has 0 bridgehead atoms. The van der Waals surface area contributed by atoms with Gasteiger partial charge in [-0.05, 0) is 23.8 Å². The van der Waals surface area contributed by atoms with Crippen molar-refractivity contribution in [2.75, 3.05) is 6.54 Å². The maximum atomic E-state index is 12.1. The Balaban J connectivity index is 1.50. The van der Waals surface area contributed by atoms with Crippen LogP contribution in [0.15, 0.2) is 65.1 Å². The number of amides is 1. The number of nitrogens with one attached hydrogen (secondary N) is 2. The van der Waals surface area contributed by atoms with Crippen LogP contribution in [0.25, 0.3) is 11.3 Å². The van der Waals surface area contributed by atoms with E-state index in [-0.39, 0.29) is 18.8 Å². The van der Waals surface area contributed by atoms with E-state index in [2.05, 4.69) is 31.4 Å². The lowest BCUT2D eigenvalue weighted by Crippen LogP contribution is -2.30. The number of esters is 1. The van der Waals surface area contributed by atoms with Crippen LogP contribution in [0.4, 0.5) is 0 Å². The Morgan fingerprint density at radius 1 is 1.08 bits per heavy atom. The molecule has 0 atom stereocenters. The minimum absolute atomic E-state index is 0.174. The second kappa shape index (κ2) is 8.44. The summed E-state index contributed by atoms with van der Waals surface area (Å²) in [6, 6.07) is 18.6. The largest absolute Gasteiger partial charge is 0.460 e. The van der Waals surface area contributed by atoms with Gasteiger partial charge in [0.2, 0.25) is 0 Å². The fourth-order valence-electron chi connectivity index (χ4n) is 2.24. The summed E-state index contributed by atoms with van der Waals surface area (Å²) in [7, 11) is 0. The number of carbonyl (C=O) groups is 2. The summed E-state index contributed by atoms with van der Waals surface area (Å²) < 4.78 is 6.08. The molecule has 3 rings (SSSR count). The fourth-order valence-corrected chi connectivity index (χ4v) is 2.51. The molecule has 0 saturated heterocycles. The average molecular weight is 414 g/mol. The normalized spacial score (nSPS) is 10.3. The van der Waals surface area contributed by atoms with Crippen LogP contribution in [0, 0.1) is 0 Å². The van der Waals surface area contributed by atoms with E-state index >= 15 is 0 Å². The van der Waals surface area contributed by atoms with Gasteiger partial charge in [-0.2, -0.15) is 5.10 Å². The zero-order chi connectivity index (χ0) is 18.4. The van der Waals surface area contributed by atoms with Crippen LogP contribution in [0.1, 0.15) is 16.1 Å². The van der Waals surface area contributed by atoms with Gasteiger partial charge in [-0.25, -0.2) is 0 Å². The molecule has 0 spiro atoms. The smallest absolute Gasteiger partial charge is 0.325 e. The van der Waals surface area contributed by atoms with Crippen molar-refractivity contribution in [2.24, 2.45) is 0 Å². The molecule has 2 aromatic carbocycles. The highest BCUT2D eigenvalue weighted by Crippen LogP contribution is 2.20. The molecule has 0 aliphatic carbocycles. The summed E-state index contributed by atoms with van der Waals surface area (Å²) in [6.45, 7) is -0.0361. The Kier molecular flexibility index (Phi) is 5.80. The molecular weight excluding hydrogens is 398 g/mol. The maximum Gasteiger partial charge on any atom is 0.325 e. The summed E-state index contributed by atoms with van der Waals surface area (Å²) in [4.78, 5) is 23.9. The van der Waals surface area contributed by atoms with Crippen molar-refractivity contribution in [1.82, 2.24) is 15.5 Å². The van der Waals surface area contributed by atoms with Gasteiger partial charge in [-0.15, -0.1) is 0 Å². The number of carbonyl (C=O) groups excluding carboxylic acids is 2. The zero-order valence-electron chi connectivity index (χ0n) is 13.7. The third kappa shape index (κ3) is 4.80. The van der Waals surface area contributed by atoms with E-state index in [4.69, 9.17) is 4.74 Å². The highest BCUT2D eigenvalue weighted by molar-refractivity contribution is 9.10. The molecular formula is C19H16BrN3O3. The molecule has 7 heteroatoms. The molecule has 0 aliphatic rings. The third-order valence-electron chi connectivity index (χ3n) is 3.60. The number of rotatable bonds is 6. The summed E-state index contributed by atoms with van der Waals surface area (Å²) in [6.07, 6.45) is 0. The second-order valence-electron chi connectivity index (χ2n) is 5.50. The number of halogens is 1. The molecule has 6 nitrogen and oxygen atoms in total. The van der Waals surface area contributed by atoms with Crippen LogP contribution in [-0.2, 0) is 16.1 Å². The maximum absolute atomic E-state index is 12.1. The van der Waals surface area contributed by atoms with Crippen molar-refractivity contribution in [2.45, 2.75) is 6.61 Å². The molecule has 0 saturated carbocycles. The van der Waals surface area contributed by atoms with E-state index in [0.717, 1.165) is 15.6 Å². The van der Waals surface area contributed by atoms with Gasteiger partial charge >= 0.3 is 5.97 Å². The monoisotopic (exact) mass is 413 g/mol. The van der Waals surface area contributed by atoms with Gasteiger partial charge in [-0.1, -0.05) is 58.4 Å². The van der Waals surface area contributed by atoms with Crippen LogP contribution in [0.3, 0.4) is 0 Å².